The summed E-state index contributed by atoms with van der Waals surface area (Å²) in [5, 5.41) is 14.5. The highest BCUT2D eigenvalue weighted by Crippen LogP contribution is 2.33. The summed E-state index contributed by atoms with van der Waals surface area (Å²) in [6.45, 7) is 2.35. The lowest BCUT2D eigenvalue weighted by Gasteiger charge is -2.41. The number of likely N-dealkylation sites (tertiary alicyclic amines) is 1. The molecule has 2 amide bonds. The van der Waals surface area contributed by atoms with Crippen LogP contribution < -0.4 is 4.74 Å². The second-order valence-corrected chi connectivity index (χ2v) is 8.83. The number of halogens is 2. The van der Waals surface area contributed by atoms with Gasteiger partial charge in [-0.25, -0.2) is 23.6 Å². The van der Waals surface area contributed by atoms with E-state index >= 15 is 0 Å². The molecule has 1 atom stereocenters. The first-order valence-electron chi connectivity index (χ1n) is 10.5. The molecule has 2 aliphatic rings. The van der Waals surface area contributed by atoms with Gasteiger partial charge in [-0.05, 0) is 30.7 Å². The van der Waals surface area contributed by atoms with Crippen molar-refractivity contribution in [2.24, 2.45) is 5.10 Å². The van der Waals surface area contributed by atoms with Crippen molar-refractivity contribution in [1.29, 1.82) is 5.26 Å². The number of rotatable bonds is 4. The SMILES string of the molecule is Cc1ncsc1-c1cc(OC2CN(C(=O)N3N=CC[C@H]3c3cc(F)cc(C#N)c3)C2)c(F)cn1. The molecule has 0 N–H and O–H groups in total. The third-order valence-electron chi connectivity index (χ3n) is 5.67. The number of ether oxygens (including phenoxy) is 1. The number of aromatic nitrogens is 2. The highest BCUT2D eigenvalue weighted by Gasteiger charge is 2.39. The average molecular weight is 481 g/mol. The molecule has 3 aromatic rings. The van der Waals surface area contributed by atoms with E-state index < -0.39 is 17.7 Å². The first kappa shape index (κ1) is 21.9. The molecule has 172 valence electrons. The Morgan fingerprint density at radius 2 is 2.06 bits per heavy atom. The van der Waals surface area contributed by atoms with E-state index in [4.69, 9.17) is 10.00 Å². The van der Waals surface area contributed by atoms with Crippen LogP contribution in [0.2, 0.25) is 0 Å². The molecule has 1 aromatic carbocycles. The molecule has 34 heavy (non-hydrogen) atoms. The fourth-order valence-corrected chi connectivity index (χ4v) is 4.69. The second-order valence-electron chi connectivity index (χ2n) is 7.97. The summed E-state index contributed by atoms with van der Waals surface area (Å²) >= 11 is 1.41. The molecular formula is C23H18F2N6O2S. The molecule has 2 aromatic heterocycles. The summed E-state index contributed by atoms with van der Waals surface area (Å²) in [5.41, 5.74) is 3.76. The fourth-order valence-electron chi connectivity index (χ4n) is 3.92. The van der Waals surface area contributed by atoms with E-state index in [2.05, 4.69) is 15.1 Å². The molecule has 0 aliphatic carbocycles. The first-order chi connectivity index (χ1) is 16.4. The largest absolute Gasteiger partial charge is 0.483 e. The van der Waals surface area contributed by atoms with Crippen molar-refractivity contribution in [3.63, 3.8) is 0 Å². The van der Waals surface area contributed by atoms with Crippen molar-refractivity contribution in [1.82, 2.24) is 19.9 Å². The van der Waals surface area contributed by atoms with Crippen LogP contribution >= 0.6 is 11.3 Å². The van der Waals surface area contributed by atoms with Gasteiger partial charge in [0.05, 0.1) is 58.7 Å². The second kappa shape index (κ2) is 8.79. The van der Waals surface area contributed by atoms with Crippen molar-refractivity contribution in [2.75, 3.05) is 13.1 Å². The highest BCUT2D eigenvalue weighted by molar-refractivity contribution is 7.13. The number of hydrogen-bond donors (Lipinski definition) is 0. The maximum absolute atomic E-state index is 14.3. The van der Waals surface area contributed by atoms with Gasteiger partial charge in [0.25, 0.3) is 0 Å². The van der Waals surface area contributed by atoms with Crippen molar-refractivity contribution in [3.05, 3.63) is 64.4 Å². The van der Waals surface area contributed by atoms with Gasteiger partial charge in [-0.3, -0.25) is 4.98 Å². The van der Waals surface area contributed by atoms with Crippen LogP contribution in [-0.2, 0) is 0 Å². The molecule has 1 fully saturated rings. The number of carbonyl (C=O) groups is 1. The highest BCUT2D eigenvalue weighted by atomic mass is 32.1. The lowest BCUT2D eigenvalue weighted by molar-refractivity contribution is 0.0257. The molecule has 11 heteroatoms. The fraction of sp³-hybridized carbons (Fsp3) is 0.261. The summed E-state index contributed by atoms with van der Waals surface area (Å²) < 4.78 is 34.0. The molecule has 1 saturated heterocycles. The Morgan fingerprint density at radius 3 is 2.79 bits per heavy atom. The number of amides is 2. The van der Waals surface area contributed by atoms with Crippen LogP contribution in [0.1, 0.15) is 29.3 Å². The minimum absolute atomic E-state index is 0.0655. The Bertz CT molecular complexity index is 1330. The van der Waals surface area contributed by atoms with Crippen molar-refractivity contribution < 1.29 is 18.3 Å². The minimum Gasteiger partial charge on any atom is -0.483 e. The summed E-state index contributed by atoms with van der Waals surface area (Å²) in [7, 11) is 0. The zero-order valence-corrected chi connectivity index (χ0v) is 18.8. The summed E-state index contributed by atoms with van der Waals surface area (Å²) in [6.07, 6.45) is 2.72. The van der Waals surface area contributed by atoms with Crippen molar-refractivity contribution in [3.8, 4) is 22.4 Å². The molecule has 2 aliphatic heterocycles. The van der Waals surface area contributed by atoms with Crippen LogP contribution in [-0.4, -0.2) is 51.3 Å². The van der Waals surface area contributed by atoms with E-state index in [1.807, 2.05) is 13.0 Å². The predicted molar refractivity (Wildman–Crippen MR) is 120 cm³/mol. The summed E-state index contributed by atoms with van der Waals surface area (Å²) in [6, 6.07) is 6.59. The number of benzene rings is 1. The first-order valence-corrected chi connectivity index (χ1v) is 11.3. The van der Waals surface area contributed by atoms with Crippen LogP contribution in [0.15, 0.2) is 41.1 Å². The number of hydrazone groups is 1. The zero-order chi connectivity index (χ0) is 23.8. The topological polar surface area (TPSA) is 94.7 Å². The Balaban J connectivity index is 1.25. The minimum atomic E-state index is -0.584. The van der Waals surface area contributed by atoms with E-state index in [0.29, 0.717) is 17.7 Å². The van der Waals surface area contributed by atoms with Crippen LogP contribution in [0.5, 0.6) is 5.75 Å². The van der Waals surface area contributed by atoms with Gasteiger partial charge < -0.3 is 9.64 Å². The third kappa shape index (κ3) is 4.08. The number of hydrogen-bond acceptors (Lipinski definition) is 7. The van der Waals surface area contributed by atoms with Gasteiger partial charge in [0.15, 0.2) is 11.6 Å². The van der Waals surface area contributed by atoms with E-state index in [1.54, 1.807) is 17.8 Å². The molecule has 4 heterocycles. The average Bonchev–Trinajstić information content (AvgIpc) is 3.45. The van der Waals surface area contributed by atoms with E-state index in [-0.39, 0.29) is 36.5 Å². The number of urea groups is 1. The lowest BCUT2D eigenvalue weighted by atomic mass is 10.0. The van der Waals surface area contributed by atoms with Crippen LogP contribution in [0, 0.1) is 29.9 Å². The maximum atomic E-state index is 14.3. The Labute approximate surface area is 197 Å². The van der Waals surface area contributed by atoms with Gasteiger partial charge >= 0.3 is 6.03 Å². The Hall–Kier alpha value is -3.91. The zero-order valence-electron chi connectivity index (χ0n) is 18.0. The number of nitrogens with zero attached hydrogens (tertiary/aromatic N) is 6. The number of carbonyl (C=O) groups excluding carboxylic acids is 1. The van der Waals surface area contributed by atoms with Crippen LogP contribution in [0.4, 0.5) is 13.6 Å². The predicted octanol–water partition coefficient (Wildman–Crippen LogP) is 4.28. The Morgan fingerprint density at radius 1 is 1.24 bits per heavy atom. The molecule has 8 nitrogen and oxygen atoms in total. The third-order valence-corrected chi connectivity index (χ3v) is 6.62. The summed E-state index contributed by atoms with van der Waals surface area (Å²) in [5.74, 6) is -1.06. The molecule has 0 saturated carbocycles. The van der Waals surface area contributed by atoms with Crippen molar-refractivity contribution in [2.45, 2.75) is 25.5 Å². The van der Waals surface area contributed by atoms with E-state index in [0.717, 1.165) is 22.8 Å². The number of aryl methyl sites for hydroxylation is 1. The molecule has 0 radical (unpaired) electrons. The molecule has 5 rings (SSSR count). The number of nitriles is 1. The smallest absolute Gasteiger partial charge is 0.341 e. The van der Waals surface area contributed by atoms with Gasteiger partial charge in [0, 0.05) is 18.7 Å². The quantitative estimate of drug-likeness (QED) is 0.556. The van der Waals surface area contributed by atoms with E-state index in [9.17, 15) is 13.6 Å². The monoisotopic (exact) mass is 480 g/mol. The van der Waals surface area contributed by atoms with E-state index in [1.165, 1.54) is 33.4 Å². The van der Waals surface area contributed by atoms with Gasteiger partial charge in [-0.1, -0.05) is 0 Å². The van der Waals surface area contributed by atoms with Gasteiger partial charge in [0.1, 0.15) is 11.9 Å². The Kier molecular flexibility index (Phi) is 5.67. The van der Waals surface area contributed by atoms with Crippen LogP contribution in [0.3, 0.4) is 0 Å². The normalized spacial score (nSPS) is 17.5. The number of thiazole rings is 1. The van der Waals surface area contributed by atoms with Crippen molar-refractivity contribution >= 4 is 23.6 Å². The molecule has 0 unspecified atom stereocenters. The van der Waals surface area contributed by atoms with Gasteiger partial charge in [0.2, 0.25) is 0 Å². The summed E-state index contributed by atoms with van der Waals surface area (Å²) in [4.78, 5) is 23.7. The number of pyridine rings is 1. The molecule has 0 bridgehead atoms. The lowest BCUT2D eigenvalue weighted by Crippen LogP contribution is -2.58. The standard InChI is InChI=1S/C23H18F2N6O2S/c1-13-22(34-12-28-13)19-7-21(18(25)9-27-19)33-17-10-30(11-17)23(32)31-20(2-3-29-31)15-4-14(8-26)5-16(24)6-15/h3-7,9,12,17,20H,2,10-11H2,1H3/t20-/m0/s1. The molecular weight excluding hydrogens is 462 g/mol. The maximum Gasteiger partial charge on any atom is 0.341 e. The van der Waals surface area contributed by atoms with Crippen LogP contribution in [0.25, 0.3) is 10.6 Å². The van der Waals surface area contributed by atoms with Gasteiger partial charge in [-0.15, -0.1) is 11.3 Å². The van der Waals surface area contributed by atoms with Gasteiger partial charge in [-0.2, -0.15) is 10.4 Å². The molecule has 0 spiro atoms.